The molecule has 0 atom stereocenters. The van der Waals surface area contributed by atoms with Crippen molar-refractivity contribution in [1.29, 1.82) is 0 Å². The summed E-state index contributed by atoms with van der Waals surface area (Å²) in [5.74, 6) is -0.377. The van der Waals surface area contributed by atoms with Crippen LogP contribution in [0.15, 0.2) is 36.4 Å². The molecular formula is C19H21ClN2O4. The summed E-state index contributed by atoms with van der Waals surface area (Å²) in [6, 6.07) is 10.0. The SMILES string of the molecule is CN(CCCO)C(=O)c1c(NC=O)ccc(O)c1Cc1ccc(Cl)cc1. The summed E-state index contributed by atoms with van der Waals surface area (Å²) >= 11 is 5.90. The first kappa shape index (κ1) is 19.8. The molecule has 0 heterocycles. The highest BCUT2D eigenvalue weighted by Crippen LogP contribution is 2.31. The van der Waals surface area contributed by atoms with Gasteiger partial charge in [-0.1, -0.05) is 23.7 Å². The Bertz CT molecular complexity index is 778. The Morgan fingerprint density at radius 3 is 2.54 bits per heavy atom. The van der Waals surface area contributed by atoms with E-state index < -0.39 is 0 Å². The van der Waals surface area contributed by atoms with E-state index in [1.54, 1.807) is 19.2 Å². The lowest BCUT2D eigenvalue weighted by Crippen LogP contribution is -2.30. The van der Waals surface area contributed by atoms with E-state index >= 15 is 0 Å². The number of rotatable bonds is 8. The molecule has 0 saturated heterocycles. The first-order valence-electron chi connectivity index (χ1n) is 8.13. The van der Waals surface area contributed by atoms with Crippen molar-refractivity contribution in [2.45, 2.75) is 12.8 Å². The van der Waals surface area contributed by atoms with Crippen molar-refractivity contribution in [2.24, 2.45) is 0 Å². The van der Waals surface area contributed by atoms with Crippen LogP contribution in [-0.2, 0) is 11.2 Å². The average Bonchev–Trinajstić information content (AvgIpc) is 2.64. The number of anilines is 1. The molecule has 0 radical (unpaired) electrons. The first-order valence-corrected chi connectivity index (χ1v) is 8.51. The van der Waals surface area contributed by atoms with Gasteiger partial charge in [0.2, 0.25) is 6.41 Å². The van der Waals surface area contributed by atoms with Crippen molar-refractivity contribution >= 4 is 29.6 Å². The van der Waals surface area contributed by atoms with Gasteiger partial charge in [0.25, 0.3) is 5.91 Å². The van der Waals surface area contributed by atoms with Gasteiger partial charge in [-0.2, -0.15) is 0 Å². The quantitative estimate of drug-likeness (QED) is 0.488. The highest BCUT2D eigenvalue weighted by atomic mass is 35.5. The zero-order valence-electron chi connectivity index (χ0n) is 14.4. The standard InChI is InChI=1S/C19H21ClN2O4/c1-22(9-2-10-23)19(26)18-15(11-13-3-5-14(20)6-4-13)17(25)8-7-16(18)21-12-24/h3-8,12,23,25H,2,9-11H2,1H3,(H,21,24). The van der Waals surface area contributed by atoms with E-state index in [2.05, 4.69) is 5.32 Å². The Morgan fingerprint density at radius 1 is 1.23 bits per heavy atom. The van der Waals surface area contributed by atoms with Gasteiger partial charge in [-0.25, -0.2) is 0 Å². The largest absolute Gasteiger partial charge is 0.508 e. The Labute approximate surface area is 157 Å². The maximum atomic E-state index is 12.9. The van der Waals surface area contributed by atoms with Crippen molar-refractivity contribution in [1.82, 2.24) is 4.90 Å². The summed E-state index contributed by atoms with van der Waals surface area (Å²) in [4.78, 5) is 25.3. The molecule has 0 aliphatic heterocycles. The Hall–Kier alpha value is -2.57. The summed E-state index contributed by atoms with van der Waals surface area (Å²) in [6.45, 7) is 0.320. The van der Waals surface area contributed by atoms with Crippen LogP contribution in [0.2, 0.25) is 5.02 Å². The molecule has 2 rings (SSSR count). The van der Waals surface area contributed by atoms with E-state index in [1.807, 2.05) is 12.1 Å². The van der Waals surface area contributed by atoms with Crippen LogP contribution in [-0.4, -0.2) is 47.6 Å². The van der Waals surface area contributed by atoms with Crippen LogP contribution in [0.3, 0.4) is 0 Å². The lowest BCUT2D eigenvalue weighted by molar-refractivity contribution is -0.105. The van der Waals surface area contributed by atoms with Gasteiger partial charge < -0.3 is 20.4 Å². The van der Waals surface area contributed by atoms with Crippen molar-refractivity contribution in [3.05, 3.63) is 58.1 Å². The lowest BCUT2D eigenvalue weighted by atomic mass is 9.96. The van der Waals surface area contributed by atoms with Gasteiger partial charge >= 0.3 is 0 Å². The van der Waals surface area contributed by atoms with Crippen molar-refractivity contribution in [3.8, 4) is 5.75 Å². The van der Waals surface area contributed by atoms with Gasteiger partial charge in [0.1, 0.15) is 5.75 Å². The van der Waals surface area contributed by atoms with Crippen LogP contribution in [0.25, 0.3) is 0 Å². The number of carbonyl (C=O) groups is 2. The minimum absolute atomic E-state index is 0.0321. The predicted molar refractivity (Wildman–Crippen MR) is 101 cm³/mol. The molecule has 0 aliphatic carbocycles. The number of hydrogen-bond donors (Lipinski definition) is 3. The number of amides is 2. The highest BCUT2D eigenvalue weighted by Gasteiger charge is 2.22. The second-order valence-electron chi connectivity index (χ2n) is 5.86. The van der Waals surface area contributed by atoms with Crippen LogP contribution >= 0.6 is 11.6 Å². The molecule has 2 aromatic rings. The second-order valence-corrected chi connectivity index (χ2v) is 6.29. The minimum atomic E-state index is -0.345. The monoisotopic (exact) mass is 376 g/mol. The Morgan fingerprint density at radius 2 is 1.92 bits per heavy atom. The maximum absolute atomic E-state index is 12.9. The van der Waals surface area contributed by atoms with Crippen molar-refractivity contribution in [3.63, 3.8) is 0 Å². The second kappa shape index (κ2) is 9.22. The molecule has 0 bridgehead atoms. The molecule has 0 unspecified atom stereocenters. The predicted octanol–water partition coefficient (Wildman–Crippen LogP) is 2.66. The third-order valence-corrected chi connectivity index (χ3v) is 4.26. The van der Waals surface area contributed by atoms with Gasteiger partial charge in [-0.15, -0.1) is 0 Å². The number of aliphatic hydroxyl groups is 1. The van der Waals surface area contributed by atoms with E-state index in [-0.39, 0.29) is 23.8 Å². The summed E-state index contributed by atoms with van der Waals surface area (Å²) in [7, 11) is 1.61. The number of aliphatic hydroxyl groups excluding tert-OH is 1. The van der Waals surface area contributed by atoms with Gasteiger partial charge in [-0.3, -0.25) is 9.59 Å². The number of benzene rings is 2. The number of hydrogen-bond acceptors (Lipinski definition) is 4. The maximum Gasteiger partial charge on any atom is 0.256 e. The number of phenolic OH excluding ortho intramolecular Hbond substituents is 1. The van der Waals surface area contributed by atoms with Gasteiger partial charge in [0, 0.05) is 37.2 Å². The summed E-state index contributed by atoms with van der Waals surface area (Å²) in [5.41, 5.74) is 1.83. The molecule has 2 aromatic carbocycles. The van der Waals surface area contributed by atoms with E-state index in [9.17, 15) is 14.7 Å². The number of phenols is 1. The van der Waals surface area contributed by atoms with Crippen molar-refractivity contribution < 1.29 is 19.8 Å². The van der Waals surface area contributed by atoms with Crippen LogP contribution < -0.4 is 5.32 Å². The van der Waals surface area contributed by atoms with E-state index in [0.717, 1.165) is 5.56 Å². The van der Waals surface area contributed by atoms with Gasteiger partial charge in [-0.05, 0) is 36.2 Å². The average molecular weight is 377 g/mol. The van der Waals surface area contributed by atoms with E-state index in [1.165, 1.54) is 17.0 Å². The number of nitrogens with one attached hydrogen (secondary N) is 1. The van der Waals surface area contributed by atoms with Crippen LogP contribution in [0, 0.1) is 0 Å². The molecule has 7 heteroatoms. The number of nitrogens with zero attached hydrogens (tertiary/aromatic N) is 1. The number of halogens is 1. The molecule has 6 nitrogen and oxygen atoms in total. The minimum Gasteiger partial charge on any atom is -0.508 e. The first-order chi connectivity index (χ1) is 12.5. The third-order valence-electron chi connectivity index (χ3n) is 4.01. The van der Waals surface area contributed by atoms with Gasteiger partial charge in [0.15, 0.2) is 0 Å². The molecule has 0 spiro atoms. The molecule has 0 aromatic heterocycles. The summed E-state index contributed by atoms with van der Waals surface area (Å²) < 4.78 is 0. The molecule has 2 amide bonds. The molecule has 0 fully saturated rings. The van der Waals surface area contributed by atoms with E-state index in [4.69, 9.17) is 16.7 Å². The normalized spacial score (nSPS) is 10.4. The topological polar surface area (TPSA) is 89.9 Å². The third kappa shape index (κ3) is 4.74. The lowest BCUT2D eigenvalue weighted by Gasteiger charge is -2.21. The zero-order chi connectivity index (χ0) is 19.1. The molecule has 0 aliphatic rings. The van der Waals surface area contributed by atoms with Crippen LogP contribution in [0.1, 0.15) is 27.9 Å². The number of aromatic hydroxyl groups is 1. The van der Waals surface area contributed by atoms with Crippen LogP contribution in [0.5, 0.6) is 5.75 Å². The Kier molecular flexibility index (Phi) is 7.00. The molecule has 26 heavy (non-hydrogen) atoms. The molecule has 3 N–H and O–H groups in total. The zero-order valence-corrected chi connectivity index (χ0v) is 15.2. The fourth-order valence-electron chi connectivity index (χ4n) is 2.65. The highest BCUT2D eigenvalue weighted by molar-refractivity contribution is 6.30. The Balaban J connectivity index is 2.47. The molecule has 0 saturated carbocycles. The smallest absolute Gasteiger partial charge is 0.256 e. The molecular weight excluding hydrogens is 356 g/mol. The van der Waals surface area contributed by atoms with E-state index in [0.29, 0.717) is 42.1 Å². The summed E-state index contributed by atoms with van der Waals surface area (Å²) in [5, 5.41) is 22.4. The fourth-order valence-corrected chi connectivity index (χ4v) is 2.78. The summed E-state index contributed by atoms with van der Waals surface area (Å²) in [6.07, 6.45) is 1.22. The number of carbonyl (C=O) groups excluding carboxylic acids is 2. The van der Waals surface area contributed by atoms with Gasteiger partial charge in [0.05, 0.1) is 11.3 Å². The fraction of sp³-hybridized carbons (Fsp3) is 0.263. The van der Waals surface area contributed by atoms with Crippen LogP contribution in [0.4, 0.5) is 5.69 Å². The molecule has 138 valence electrons. The van der Waals surface area contributed by atoms with Crippen molar-refractivity contribution in [2.75, 3.05) is 25.5 Å².